The molecule has 0 spiro atoms. The lowest BCUT2D eigenvalue weighted by atomic mass is 10.2. The van der Waals surface area contributed by atoms with Gasteiger partial charge >= 0.3 is 0 Å². The van der Waals surface area contributed by atoms with Gasteiger partial charge in [-0.05, 0) is 30.2 Å². The van der Waals surface area contributed by atoms with Crippen molar-refractivity contribution >= 4 is 17.6 Å². The van der Waals surface area contributed by atoms with Crippen LogP contribution in [0, 0.1) is 5.92 Å². The van der Waals surface area contributed by atoms with E-state index in [2.05, 4.69) is 43.2 Å². The second kappa shape index (κ2) is 7.55. The van der Waals surface area contributed by atoms with Gasteiger partial charge < -0.3 is 5.32 Å². The fourth-order valence-corrected chi connectivity index (χ4v) is 2.45. The number of rotatable bonds is 7. The number of nitrogens with zero attached hydrogens (tertiary/aromatic N) is 1. The third kappa shape index (κ3) is 4.88. The lowest BCUT2D eigenvalue weighted by Crippen LogP contribution is -1.99. The van der Waals surface area contributed by atoms with Crippen LogP contribution >= 0.6 is 11.8 Å². The Kier molecular flexibility index (Phi) is 6.31. The molecule has 0 aliphatic carbocycles. The van der Waals surface area contributed by atoms with E-state index in [1.807, 2.05) is 18.0 Å². The van der Waals surface area contributed by atoms with Crippen LogP contribution in [0.15, 0.2) is 18.3 Å². The summed E-state index contributed by atoms with van der Waals surface area (Å²) in [6, 6.07) is 4.22. The van der Waals surface area contributed by atoms with Gasteiger partial charge in [0.15, 0.2) is 0 Å². The van der Waals surface area contributed by atoms with Crippen LogP contribution in [-0.2, 0) is 5.75 Å². The van der Waals surface area contributed by atoms with Crippen LogP contribution in [0.5, 0.6) is 0 Å². The van der Waals surface area contributed by atoms with Crippen molar-refractivity contribution < 1.29 is 0 Å². The molecule has 0 aliphatic rings. The summed E-state index contributed by atoms with van der Waals surface area (Å²) in [6.45, 7) is 7.56. The van der Waals surface area contributed by atoms with Crippen LogP contribution in [0.1, 0.15) is 32.8 Å². The summed E-state index contributed by atoms with van der Waals surface area (Å²) in [4.78, 5) is 4.36. The van der Waals surface area contributed by atoms with Gasteiger partial charge in [-0.25, -0.2) is 4.98 Å². The van der Waals surface area contributed by atoms with Crippen LogP contribution in [0.25, 0.3) is 0 Å². The molecule has 1 heterocycles. The standard InChI is InChI=1S/C13H22N2S/c1-4-11(3)9-16-10-12-6-7-13(14-5-2)15-8-12/h6-8,11H,4-5,9-10H2,1-3H3,(H,14,15). The monoisotopic (exact) mass is 238 g/mol. The summed E-state index contributed by atoms with van der Waals surface area (Å²) < 4.78 is 0. The minimum absolute atomic E-state index is 0.819. The molecular weight excluding hydrogens is 216 g/mol. The zero-order valence-electron chi connectivity index (χ0n) is 10.5. The normalized spacial score (nSPS) is 12.4. The lowest BCUT2D eigenvalue weighted by molar-refractivity contribution is 0.637. The molecule has 1 rings (SSSR count). The first-order valence-corrected chi connectivity index (χ1v) is 7.18. The molecule has 0 saturated heterocycles. The van der Waals surface area contributed by atoms with E-state index in [1.165, 1.54) is 17.7 Å². The van der Waals surface area contributed by atoms with Gasteiger partial charge in [0.2, 0.25) is 0 Å². The molecule has 0 saturated carbocycles. The van der Waals surface area contributed by atoms with Crippen molar-refractivity contribution in [1.82, 2.24) is 4.98 Å². The maximum Gasteiger partial charge on any atom is 0.125 e. The van der Waals surface area contributed by atoms with Crippen molar-refractivity contribution in [2.75, 3.05) is 17.6 Å². The minimum atomic E-state index is 0.819. The first kappa shape index (κ1) is 13.4. The van der Waals surface area contributed by atoms with Gasteiger partial charge in [0.1, 0.15) is 5.82 Å². The Bertz CT molecular complexity index is 284. The van der Waals surface area contributed by atoms with E-state index in [1.54, 1.807) is 0 Å². The fraction of sp³-hybridized carbons (Fsp3) is 0.615. The van der Waals surface area contributed by atoms with Crippen LogP contribution in [0.3, 0.4) is 0 Å². The van der Waals surface area contributed by atoms with Gasteiger partial charge in [0, 0.05) is 18.5 Å². The Labute approximate surface area is 103 Å². The molecule has 1 unspecified atom stereocenters. The van der Waals surface area contributed by atoms with Crippen molar-refractivity contribution in [3.8, 4) is 0 Å². The highest BCUT2D eigenvalue weighted by Crippen LogP contribution is 2.17. The Balaban J connectivity index is 2.31. The molecule has 0 aromatic carbocycles. The molecule has 1 aromatic rings. The predicted molar refractivity (Wildman–Crippen MR) is 74.0 cm³/mol. The zero-order valence-corrected chi connectivity index (χ0v) is 11.3. The number of aromatic nitrogens is 1. The van der Waals surface area contributed by atoms with E-state index < -0.39 is 0 Å². The zero-order chi connectivity index (χ0) is 11.8. The number of pyridine rings is 1. The highest BCUT2D eigenvalue weighted by atomic mass is 32.2. The molecule has 16 heavy (non-hydrogen) atoms. The van der Waals surface area contributed by atoms with Gasteiger partial charge in [0.05, 0.1) is 0 Å². The largest absolute Gasteiger partial charge is 0.370 e. The van der Waals surface area contributed by atoms with E-state index in [9.17, 15) is 0 Å². The van der Waals surface area contributed by atoms with Crippen molar-refractivity contribution in [1.29, 1.82) is 0 Å². The molecule has 1 atom stereocenters. The van der Waals surface area contributed by atoms with Gasteiger partial charge in [0.25, 0.3) is 0 Å². The third-order valence-electron chi connectivity index (χ3n) is 2.55. The van der Waals surface area contributed by atoms with E-state index in [0.717, 1.165) is 24.0 Å². The van der Waals surface area contributed by atoms with Crippen LogP contribution in [0.4, 0.5) is 5.82 Å². The maximum absolute atomic E-state index is 4.36. The number of thioether (sulfide) groups is 1. The number of hydrogen-bond donors (Lipinski definition) is 1. The van der Waals surface area contributed by atoms with E-state index in [0.29, 0.717) is 0 Å². The number of nitrogens with one attached hydrogen (secondary N) is 1. The Morgan fingerprint density at radius 1 is 1.38 bits per heavy atom. The predicted octanol–water partition coefficient (Wildman–Crippen LogP) is 3.79. The maximum atomic E-state index is 4.36. The summed E-state index contributed by atoms with van der Waals surface area (Å²) in [6.07, 6.45) is 3.24. The summed E-state index contributed by atoms with van der Waals surface area (Å²) in [7, 11) is 0. The van der Waals surface area contributed by atoms with Gasteiger partial charge in [-0.3, -0.25) is 0 Å². The molecule has 1 N–H and O–H groups in total. The average molecular weight is 238 g/mol. The second-order valence-electron chi connectivity index (χ2n) is 4.11. The second-order valence-corrected chi connectivity index (χ2v) is 5.14. The summed E-state index contributed by atoms with van der Waals surface area (Å²) in [5.41, 5.74) is 1.31. The molecule has 0 amide bonds. The quantitative estimate of drug-likeness (QED) is 0.782. The number of hydrogen-bond acceptors (Lipinski definition) is 3. The summed E-state index contributed by atoms with van der Waals surface area (Å²) >= 11 is 2.00. The van der Waals surface area contributed by atoms with Crippen LogP contribution in [-0.4, -0.2) is 17.3 Å². The summed E-state index contributed by atoms with van der Waals surface area (Å²) in [5.74, 6) is 4.10. The number of anilines is 1. The van der Waals surface area contributed by atoms with E-state index in [-0.39, 0.29) is 0 Å². The molecule has 0 aliphatic heterocycles. The molecule has 0 bridgehead atoms. The van der Waals surface area contributed by atoms with Gasteiger partial charge in [-0.2, -0.15) is 11.8 Å². The highest BCUT2D eigenvalue weighted by molar-refractivity contribution is 7.98. The molecule has 90 valence electrons. The van der Waals surface area contributed by atoms with E-state index >= 15 is 0 Å². The van der Waals surface area contributed by atoms with Crippen LogP contribution < -0.4 is 5.32 Å². The minimum Gasteiger partial charge on any atom is -0.370 e. The SMILES string of the molecule is CCNc1ccc(CSCC(C)CC)cn1. The highest BCUT2D eigenvalue weighted by Gasteiger charge is 2.00. The van der Waals surface area contributed by atoms with Crippen molar-refractivity contribution in [2.24, 2.45) is 5.92 Å². The Morgan fingerprint density at radius 3 is 2.75 bits per heavy atom. The smallest absolute Gasteiger partial charge is 0.125 e. The average Bonchev–Trinajstić information content (AvgIpc) is 2.31. The summed E-state index contributed by atoms with van der Waals surface area (Å²) in [5, 5.41) is 3.20. The van der Waals surface area contributed by atoms with E-state index in [4.69, 9.17) is 0 Å². The Morgan fingerprint density at radius 2 is 2.19 bits per heavy atom. The van der Waals surface area contributed by atoms with Gasteiger partial charge in [-0.1, -0.05) is 26.3 Å². The topological polar surface area (TPSA) is 24.9 Å². The van der Waals surface area contributed by atoms with Crippen molar-refractivity contribution in [3.63, 3.8) is 0 Å². The molecule has 3 heteroatoms. The van der Waals surface area contributed by atoms with Crippen molar-refractivity contribution in [3.05, 3.63) is 23.9 Å². The molecular formula is C13H22N2S. The van der Waals surface area contributed by atoms with Crippen molar-refractivity contribution in [2.45, 2.75) is 32.9 Å². The Hall–Kier alpha value is -0.700. The third-order valence-corrected chi connectivity index (χ3v) is 3.89. The molecule has 1 aromatic heterocycles. The van der Waals surface area contributed by atoms with Gasteiger partial charge in [-0.15, -0.1) is 0 Å². The lowest BCUT2D eigenvalue weighted by Gasteiger charge is -2.08. The molecule has 2 nitrogen and oxygen atoms in total. The molecule has 0 radical (unpaired) electrons. The first-order valence-electron chi connectivity index (χ1n) is 6.02. The molecule has 0 fully saturated rings. The fourth-order valence-electron chi connectivity index (χ4n) is 1.29. The first-order chi connectivity index (χ1) is 7.76. The van der Waals surface area contributed by atoms with Crippen LogP contribution in [0.2, 0.25) is 0 Å².